The van der Waals surface area contributed by atoms with Crippen LogP contribution in [0.25, 0.3) is 0 Å². The number of nitrogens with zero attached hydrogens (tertiary/aromatic N) is 2. The number of nitrogens with one attached hydrogen (secondary N) is 2. The van der Waals surface area contributed by atoms with Crippen molar-refractivity contribution >= 4 is 5.96 Å². The Morgan fingerprint density at radius 2 is 2.08 bits per heavy atom. The van der Waals surface area contributed by atoms with Gasteiger partial charge in [0, 0.05) is 31.6 Å². The summed E-state index contributed by atoms with van der Waals surface area (Å²) in [7, 11) is 0. The Kier molecular flexibility index (Phi) is 8.77. The Labute approximate surface area is 152 Å². The molecule has 1 heterocycles. The van der Waals surface area contributed by atoms with E-state index in [1.165, 1.54) is 25.8 Å². The highest BCUT2D eigenvalue weighted by atomic mass is 16.3. The molecule has 5 nitrogen and oxygen atoms in total. The van der Waals surface area contributed by atoms with Crippen molar-refractivity contribution in [1.82, 2.24) is 15.5 Å². The zero-order valence-corrected chi connectivity index (χ0v) is 15.7. The van der Waals surface area contributed by atoms with Gasteiger partial charge in [-0.1, -0.05) is 36.8 Å². The molecule has 2 atom stereocenters. The quantitative estimate of drug-likeness (QED) is 0.499. The SMILES string of the molecule is CCNC(=NCC(CO)c1ccccc1)NCCN1CCCCC1C. The predicted molar refractivity (Wildman–Crippen MR) is 105 cm³/mol. The molecule has 0 bridgehead atoms. The summed E-state index contributed by atoms with van der Waals surface area (Å²) in [6.07, 6.45) is 3.98. The van der Waals surface area contributed by atoms with Crippen molar-refractivity contribution in [3.05, 3.63) is 35.9 Å². The largest absolute Gasteiger partial charge is 0.396 e. The summed E-state index contributed by atoms with van der Waals surface area (Å²) in [5, 5.41) is 16.4. The average molecular weight is 347 g/mol. The number of aliphatic hydroxyl groups is 1. The molecule has 0 aromatic heterocycles. The lowest BCUT2D eigenvalue weighted by Gasteiger charge is -2.33. The lowest BCUT2D eigenvalue weighted by atomic mass is 10.0. The topological polar surface area (TPSA) is 59.9 Å². The van der Waals surface area contributed by atoms with E-state index in [1.54, 1.807) is 0 Å². The molecule has 0 aliphatic carbocycles. The first-order chi connectivity index (χ1) is 12.2. The molecule has 3 N–H and O–H groups in total. The van der Waals surface area contributed by atoms with Crippen LogP contribution in [0.3, 0.4) is 0 Å². The highest BCUT2D eigenvalue weighted by molar-refractivity contribution is 5.79. The van der Waals surface area contributed by atoms with Crippen LogP contribution in [0, 0.1) is 0 Å². The van der Waals surface area contributed by atoms with Crippen LogP contribution in [0.15, 0.2) is 35.3 Å². The Balaban J connectivity index is 1.84. The molecular formula is C20H34N4O. The summed E-state index contributed by atoms with van der Waals surface area (Å²) in [5.74, 6) is 0.875. The van der Waals surface area contributed by atoms with Crippen molar-refractivity contribution in [2.45, 2.75) is 45.1 Å². The van der Waals surface area contributed by atoms with Crippen molar-refractivity contribution in [2.75, 3.05) is 39.3 Å². The number of aliphatic imine (C=N–C) groups is 1. The summed E-state index contributed by atoms with van der Waals surface area (Å²) < 4.78 is 0. The zero-order valence-electron chi connectivity index (χ0n) is 15.7. The number of likely N-dealkylation sites (tertiary alicyclic amines) is 1. The first-order valence-electron chi connectivity index (χ1n) is 9.66. The molecular weight excluding hydrogens is 312 g/mol. The van der Waals surface area contributed by atoms with Crippen LogP contribution in [0.2, 0.25) is 0 Å². The molecule has 5 heteroatoms. The van der Waals surface area contributed by atoms with Crippen LogP contribution in [0.5, 0.6) is 0 Å². The number of benzene rings is 1. The number of aliphatic hydroxyl groups excluding tert-OH is 1. The van der Waals surface area contributed by atoms with Crippen molar-refractivity contribution in [3.63, 3.8) is 0 Å². The van der Waals surface area contributed by atoms with Crippen LogP contribution in [0.4, 0.5) is 0 Å². The molecule has 1 aromatic rings. The van der Waals surface area contributed by atoms with Crippen LogP contribution in [-0.4, -0.2) is 61.3 Å². The first kappa shape index (κ1) is 19.7. The van der Waals surface area contributed by atoms with Gasteiger partial charge < -0.3 is 15.7 Å². The molecule has 1 fully saturated rings. The molecule has 1 aliphatic heterocycles. The fourth-order valence-electron chi connectivity index (χ4n) is 3.34. The zero-order chi connectivity index (χ0) is 17.9. The van der Waals surface area contributed by atoms with Crippen LogP contribution in [-0.2, 0) is 0 Å². The average Bonchev–Trinajstić information content (AvgIpc) is 2.64. The molecule has 0 spiro atoms. The van der Waals surface area contributed by atoms with Gasteiger partial charge in [0.1, 0.15) is 0 Å². The molecule has 140 valence electrons. The molecule has 1 saturated heterocycles. The van der Waals surface area contributed by atoms with Crippen molar-refractivity contribution in [3.8, 4) is 0 Å². The van der Waals surface area contributed by atoms with Gasteiger partial charge in [-0.2, -0.15) is 0 Å². The van der Waals surface area contributed by atoms with E-state index < -0.39 is 0 Å². The van der Waals surface area contributed by atoms with Gasteiger partial charge >= 0.3 is 0 Å². The van der Waals surface area contributed by atoms with Gasteiger partial charge in [-0.05, 0) is 38.8 Å². The minimum atomic E-state index is 0.0405. The maximum absolute atomic E-state index is 9.68. The molecule has 0 amide bonds. The smallest absolute Gasteiger partial charge is 0.191 e. The third-order valence-electron chi connectivity index (χ3n) is 4.94. The maximum Gasteiger partial charge on any atom is 0.191 e. The van der Waals surface area contributed by atoms with Crippen LogP contribution >= 0.6 is 0 Å². The fourth-order valence-corrected chi connectivity index (χ4v) is 3.34. The molecule has 1 aliphatic rings. The van der Waals surface area contributed by atoms with Gasteiger partial charge in [0.05, 0.1) is 13.2 Å². The summed E-state index contributed by atoms with van der Waals surface area (Å²) in [6.45, 7) is 9.07. The molecule has 25 heavy (non-hydrogen) atoms. The van der Waals surface area contributed by atoms with Crippen molar-refractivity contribution in [2.24, 2.45) is 4.99 Å². The minimum absolute atomic E-state index is 0.0405. The van der Waals surface area contributed by atoms with E-state index in [0.717, 1.165) is 31.2 Å². The second-order valence-electron chi connectivity index (χ2n) is 6.82. The number of piperidine rings is 1. The van der Waals surface area contributed by atoms with E-state index in [9.17, 15) is 5.11 Å². The number of hydrogen-bond acceptors (Lipinski definition) is 3. The third-order valence-corrected chi connectivity index (χ3v) is 4.94. The lowest BCUT2D eigenvalue weighted by Crippen LogP contribution is -2.45. The third kappa shape index (κ3) is 6.67. The Hall–Kier alpha value is -1.59. The van der Waals surface area contributed by atoms with Crippen LogP contribution in [0.1, 0.15) is 44.6 Å². The highest BCUT2D eigenvalue weighted by Crippen LogP contribution is 2.16. The molecule has 2 rings (SSSR count). The fraction of sp³-hybridized carbons (Fsp3) is 0.650. The van der Waals surface area contributed by atoms with Crippen LogP contribution < -0.4 is 10.6 Å². The number of hydrogen-bond donors (Lipinski definition) is 3. The highest BCUT2D eigenvalue weighted by Gasteiger charge is 2.17. The normalized spacial score (nSPS) is 20.3. The molecule has 0 radical (unpaired) electrons. The van der Waals surface area contributed by atoms with E-state index in [4.69, 9.17) is 0 Å². The van der Waals surface area contributed by atoms with Gasteiger partial charge in [0.2, 0.25) is 0 Å². The molecule has 0 saturated carbocycles. The molecule has 1 aromatic carbocycles. The first-order valence-corrected chi connectivity index (χ1v) is 9.66. The van der Waals surface area contributed by atoms with Gasteiger partial charge in [-0.25, -0.2) is 0 Å². The Bertz CT molecular complexity index is 506. The second kappa shape index (κ2) is 11.1. The standard InChI is InChI=1S/C20H34N4O/c1-3-21-20(22-12-14-24-13-8-7-9-17(24)2)23-15-19(16-25)18-10-5-4-6-11-18/h4-6,10-11,17,19,25H,3,7-9,12-16H2,1-2H3,(H2,21,22,23). The van der Waals surface area contributed by atoms with Gasteiger partial charge in [0.25, 0.3) is 0 Å². The lowest BCUT2D eigenvalue weighted by molar-refractivity contribution is 0.163. The monoisotopic (exact) mass is 346 g/mol. The Morgan fingerprint density at radius 3 is 2.76 bits per heavy atom. The number of guanidine groups is 1. The summed E-state index contributed by atoms with van der Waals surface area (Å²) in [6, 6.07) is 10.8. The maximum atomic E-state index is 9.68. The molecule has 2 unspecified atom stereocenters. The van der Waals surface area contributed by atoms with E-state index in [2.05, 4.69) is 46.5 Å². The van der Waals surface area contributed by atoms with Crippen molar-refractivity contribution < 1.29 is 5.11 Å². The van der Waals surface area contributed by atoms with Gasteiger partial charge in [0.15, 0.2) is 5.96 Å². The Morgan fingerprint density at radius 1 is 1.28 bits per heavy atom. The van der Waals surface area contributed by atoms with E-state index in [0.29, 0.717) is 12.6 Å². The summed E-state index contributed by atoms with van der Waals surface area (Å²) in [5.41, 5.74) is 1.13. The van der Waals surface area contributed by atoms with Crippen molar-refractivity contribution in [1.29, 1.82) is 0 Å². The summed E-state index contributed by atoms with van der Waals surface area (Å²) in [4.78, 5) is 7.23. The number of rotatable bonds is 8. The second-order valence-corrected chi connectivity index (χ2v) is 6.82. The van der Waals surface area contributed by atoms with E-state index >= 15 is 0 Å². The van der Waals surface area contributed by atoms with E-state index in [1.807, 2.05) is 18.2 Å². The summed E-state index contributed by atoms with van der Waals surface area (Å²) >= 11 is 0. The van der Waals surface area contributed by atoms with E-state index in [-0.39, 0.29) is 12.5 Å². The van der Waals surface area contributed by atoms with Gasteiger partial charge in [-0.3, -0.25) is 9.89 Å². The predicted octanol–water partition coefficient (Wildman–Crippen LogP) is 2.19. The minimum Gasteiger partial charge on any atom is -0.396 e. The van der Waals surface area contributed by atoms with Gasteiger partial charge in [-0.15, -0.1) is 0 Å².